The summed E-state index contributed by atoms with van der Waals surface area (Å²) in [5, 5.41) is 0.881. The molecule has 0 aliphatic heterocycles. The number of nitrogens with one attached hydrogen (secondary N) is 1. The number of nitrogens with two attached hydrogens (primary N) is 1. The molecule has 0 atom stereocenters. The molecule has 2 aromatic heterocycles. The Labute approximate surface area is 197 Å². The van der Waals surface area contributed by atoms with E-state index in [0.29, 0.717) is 33.8 Å². The lowest BCUT2D eigenvalue weighted by Gasteiger charge is -2.17. The fourth-order valence-corrected chi connectivity index (χ4v) is 4.44. The summed E-state index contributed by atoms with van der Waals surface area (Å²) in [5.74, 6) is -0.193. The summed E-state index contributed by atoms with van der Waals surface area (Å²) >= 11 is 0. The molecule has 4 rings (SSSR count). The van der Waals surface area contributed by atoms with Gasteiger partial charge in [-0.15, -0.1) is 0 Å². The van der Waals surface area contributed by atoms with Gasteiger partial charge in [-0.2, -0.15) is 0 Å². The first-order chi connectivity index (χ1) is 16.2. The van der Waals surface area contributed by atoms with E-state index in [4.69, 9.17) is 10.5 Å². The summed E-state index contributed by atoms with van der Waals surface area (Å²) in [6.45, 7) is 13.4. The van der Waals surface area contributed by atoms with Crippen LogP contribution in [-0.2, 0) is 0 Å². The van der Waals surface area contributed by atoms with Crippen molar-refractivity contribution in [2.24, 2.45) is 5.73 Å². The summed E-state index contributed by atoms with van der Waals surface area (Å²) in [7, 11) is 1.51. The van der Waals surface area contributed by atoms with E-state index in [1.807, 2.05) is 45.0 Å². The van der Waals surface area contributed by atoms with Crippen LogP contribution in [0.1, 0.15) is 38.4 Å². The number of aromatic amines is 1. The second-order valence-corrected chi connectivity index (χ2v) is 8.07. The zero-order valence-corrected chi connectivity index (χ0v) is 19.7. The van der Waals surface area contributed by atoms with E-state index in [1.165, 1.54) is 30.2 Å². The third-order valence-electron chi connectivity index (χ3n) is 6.30. The van der Waals surface area contributed by atoms with Gasteiger partial charge in [0.05, 0.1) is 29.6 Å². The van der Waals surface area contributed by atoms with Crippen molar-refractivity contribution in [2.75, 3.05) is 7.11 Å². The minimum Gasteiger partial charge on any atom is -0.496 e. The first-order valence-corrected chi connectivity index (χ1v) is 10.7. The number of fused-ring (bicyclic) bond motifs is 1. The molecule has 1 amide bonds. The zero-order chi connectivity index (χ0) is 24.7. The number of rotatable bonds is 6. The average Bonchev–Trinajstić information content (AvgIpc) is 3.11. The molecule has 0 radical (unpaired) electrons. The molecule has 7 nitrogen and oxygen atoms in total. The van der Waals surface area contributed by atoms with Gasteiger partial charge in [0.1, 0.15) is 17.6 Å². The van der Waals surface area contributed by atoms with Crippen molar-refractivity contribution in [2.45, 2.75) is 20.8 Å². The number of amides is 1. The Kier molecular flexibility index (Phi) is 5.71. The molecule has 172 valence electrons. The van der Waals surface area contributed by atoms with E-state index >= 15 is 0 Å². The maximum atomic E-state index is 13.2. The predicted octanol–water partition coefficient (Wildman–Crippen LogP) is 4.70. The van der Waals surface area contributed by atoms with Gasteiger partial charge < -0.3 is 15.5 Å². The van der Waals surface area contributed by atoms with Crippen LogP contribution >= 0.6 is 0 Å². The molecule has 0 bridgehead atoms. The van der Waals surface area contributed by atoms with Gasteiger partial charge in [0.2, 0.25) is 0 Å². The van der Waals surface area contributed by atoms with Gasteiger partial charge in [0, 0.05) is 11.1 Å². The third kappa shape index (κ3) is 3.33. The molecule has 0 aliphatic rings. The summed E-state index contributed by atoms with van der Waals surface area (Å²) in [6.07, 6.45) is 4.52. The molecule has 0 spiro atoms. The molecule has 3 N–H and O–H groups in total. The lowest BCUT2D eigenvalue weighted by atomic mass is 9.92. The number of hydrogen-bond acceptors (Lipinski definition) is 4. The Bertz CT molecular complexity index is 1560. The number of carbonyl (C=O) groups excluding carboxylic acids is 1. The smallest absolute Gasteiger partial charge is 0.265 e. The Morgan fingerprint density at radius 1 is 1.15 bits per heavy atom. The highest BCUT2D eigenvalue weighted by molar-refractivity contribution is 6.13. The normalized spacial score (nSPS) is 10.9. The van der Waals surface area contributed by atoms with Gasteiger partial charge in [-0.05, 0) is 61.2 Å². The maximum Gasteiger partial charge on any atom is 0.265 e. The number of ether oxygens (including phenoxy) is 1. The van der Waals surface area contributed by atoms with Gasteiger partial charge in [0.15, 0.2) is 0 Å². The van der Waals surface area contributed by atoms with Crippen LogP contribution in [0.2, 0.25) is 0 Å². The van der Waals surface area contributed by atoms with E-state index in [-0.39, 0.29) is 5.56 Å². The maximum absolute atomic E-state index is 13.2. The van der Waals surface area contributed by atoms with Crippen molar-refractivity contribution in [3.8, 4) is 22.6 Å². The predicted molar refractivity (Wildman–Crippen MR) is 137 cm³/mol. The molecule has 2 heterocycles. The summed E-state index contributed by atoms with van der Waals surface area (Å²) in [6, 6.07) is 7.55. The van der Waals surface area contributed by atoms with Gasteiger partial charge in [-0.3, -0.25) is 14.2 Å². The van der Waals surface area contributed by atoms with E-state index in [0.717, 1.165) is 33.3 Å². The van der Waals surface area contributed by atoms with Gasteiger partial charge in [-0.25, -0.2) is 4.98 Å². The van der Waals surface area contributed by atoms with Crippen molar-refractivity contribution in [1.82, 2.24) is 14.5 Å². The number of methoxy groups -OCH3 is 1. The van der Waals surface area contributed by atoms with Crippen LogP contribution < -0.4 is 16.0 Å². The largest absolute Gasteiger partial charge is 0.496 e. The van der Waals surface area contributed by atoms with Crippen molar-refractivity contribution in [1.29, 1.82) is 0 Å². The minimum atomic E-state index is -0.572. The molecule has 7 heteroatoms. The fourth-order valence-electron chi connectivity index (χ4n) is 4.44. The van der Waals surface area contributed by atoms with Gasteiger partial charge >= 0.3 is 0 Å². The number of carbonyl (C=O) groups is 1. The Balaban J connectivity index is 2.07. The van der Waals surface area contributed by atoms with E-state index in [2.05, 4.69) is 23.1 Å². The van der Waals surface area contributed by atoms with Crippen molar-refractivity contribution < 1.29 is 9.53 Å². The standard InChI is InChI=1S/C27H26N4O3/c1-7-17-20(8-2)29-13-31(27(17)33)21-11-9-10-18(15(21)4)19-12-22(34-6)24(26(28)32)25-23(19)14(3)16(5)30-25/h7-13,30H,1-2H2,3-6H3,(H2,28,32). The van der Waals surface area contributed by atoms with Gasteiger partial charge in [-0.1, -0.05) is 31.4 Å². The third-order valence-corrected chi connectivity index (χ3v) is 6.30. The first-order valence-electron chi connectivity index (χ1n) is 10.7. The highest BCUT2D eigenvalue weighted by Crippen LogP contribution is 2.41. The van der Waals surface area contributed by atoms with Crippen molar-refractivity contribution in [3.05, 3.63) is 87.7 Å². The molecule has 0 fully saturated rings. The van der Waals surface area contributed by atoms with E-state index < -0.39 is 5.91 Å². The summed E-state index contributed by atoms with van der Waals surface area (Å²) < 4.78 is 7.05. The molecule has 0 saturated heterocycles. The molecule has 0 saturated carbocycles. The van der Waals surface area contributed by atoms with Crippen LogP contribution in [-0.4, -0.2) is 27.6 Å². The Morgan fingerprint density at radius 2 is 1.88 bits per heavy atom. The lowest BCUT2D eigenvalue weighted by molar-refractivity contribution is 0.0999. The molecule has 34 heavy (non-hydrogen) atoms. The quantitative estimate of drug-likeness (QED) is 0.441. The van der Waals surface area contributed by atoms with E-state index in [9.17, 15) is 9.59 Å². The van der Waals surface area contributed by atoms with Crippen LogP contribution in [0.5, 0.6) is 5.75 Å². The molecule has 0 aliphatic carbocycles. The highest BCUT2D eigenvalue weighted by Gasteiger charge is 2.23. The Hall–Kier alpha value is -4.39. The molecular formula is C27H26N4O3. The highest BCUT2D eigenvalue weighted by atomic mass is 16.5. The van der Waals surface area contributed by atoms with Crippen molar-refractivity contribution >= 4 is 29.0 Å². The molecule has 4 aromatic rings. The molecule has 0 unspecified atom stereocenters. The first kappa shape index (κ1) is 22.8. The number of nitrogens with zero attached hydrogens (tertiary/aromatic N) is 2. The zero-order valence-electron chi connectivity index (χ0n) is 19.7. The number of aromatic nitrogens is 3. The number of primary amides is 1. The van der Waals surface area contributed by atoms with Crippen LogP contribution in [0.4, 0.5) is 0 Å². The average molecular weight is 455 g/mol. The number of hydrogen-bond donors (Lipinski definition) is 2. The fraction of sp³-hybridized carbons (Fsp3) is 0.148. The lowest BCUT2D eigenvalue weighted by Crippen LogP contribution is -2.23. The second-order valence-electron chi connectivity index (χ2n) is 8.07. The minimum absolute atomic E-state index is 0.236. The summed E-state index contributed by atoms with van der Waals surface area (Å²) in [4.78, 5) is 33.1. The topological polar surface area (TPSA) is 103 Å². The number of benzene rings is 2. The monoisotopic (exact) mass is 454 g/mol. The summed E-state index contributed by atoms with van der Waals surface area (Å²) in [5.41, 5.74) is 12.5. The molecule has 2 aromatic carbocycles. The van der Waals surface area contributed by atoms with Crippen LogP contribution in [0.15, 0.2) is 48.5 Å². The molecular weight excluding hydrogens is 428 g/mol. The Morgan fingerprint density at radius 3 is 2.50 bits per heavy atom. The SMILES string of the molecule is C=Cc1ncn(-c2cccc(-c3cc(OC)c(C(N)=O)c4[nH]c(C)c(C)c34)c2C)c(=O)c1C=C. The second kappa shape index (κ2) is 8.51. The van der Waals surface area contributed by atoms with Crippen LogP contribution in [0.25, 0.3) is 39.9 Å². The number of H-pyrrole nitrogens is 1. The van der Waals surface area contributed by atoms with Crippen LogP contribution in [0.3, 0.4) is 0 Å². The van der Waals surface area contributed by atoms with Crippen LogP contribution in [0, 0.1) is 20.8 Å². The van der Waals surface area contributed by atoms with Crippen molar-refractivity contribution in [3.63, 3.8) is 0 Å². The van der Waals surface area contributed by atoms with E-state index in [1.54, 1.807) is 0 Å². The van der Waals surface area contributed by atoms with Gasteiger partial charge in [0.25, 0.3) is 11.5 Å². The number of aryl methyl sites for hydroxylation is 2.